The molecule has 0 aliphatic carbocycles. The van der Waals surface area contributed by atoms with Crippen molar-refractivity contribution >= 4 is 37.8 Å². The first-order valence-corrected chi connectivity index (χ1v) is 4.13. The van der Waals surface area contributed by atoms with Crippen LogP contribution in [0.25, 0.3) is 0 Å². The third kappa shape index (κ3) is 1.28. The van der Waals surface area contributed by atoms with Crippen LogP contribution >= 0.6 is 31.9 Å². The van der Waals surface area contributed by atoms with Gasteiger partial charge in [0.05, 0.1) is 0 Å². The predicted molar refractivity (Wildman–Crippen MR) is 37.5 cm³/mol. The van der Waals surface area contributed by atoms with Gasteiger partial charge in [-0.1, -0.05) is 31.9 Å². The summed E-state index contributed by atoms with van der Waals surface area (Å²) < 4.78 is 4.41. The van der Waals surface area contributed by atoms with Crippen molar-refractivity contribution in [3.63, 3.8) is 0 Å². The minimum absolute atomic E-state index is 0.329. The van der Waals surface area contributed by atoms with E-state index < -0.39 is 17.1 Å². The molecular formula is C4H4Br2O3. The molecule has 0 aromatic rings. The molecule has 1 aliphatic heterocycles. The third-order valence-electron chi connectivity index (χ3n) is 1.01. The second-order valence-electron chi connectivity index (χ2n) is 1.67. The van der Waals surface area contributed by atoms with Crippen LogP contribution in [0.15, 0.2) is 0 Å². The third-order valence-corrected chi connectivity index (χ3v) is 3.65. The lowest BCUT2D eigenvalue weighted by atomic mass is 10.3. The van der Waals surface area contributed by atoms with Gasteiger partial charge in [-0.15, -0.1) is 0 Å². The Bertz CT molecular complexity index is 138. The van der Waals surface area contributed by atoms with Crippen LogP contribution in [0.1, 0.15) is 0 Å². The van der Waals surface area contributed by atoms with Gasteiger partial charge in [0.25, 0.3) is 0 Å². The molecule has 0 amide bonds. The highest BCUT2D eigenvalue weighted by Crippen LogP contribution is 2.26. The number of rotatable bonds is 0. The molecule has 0 aromatic carbocycles. The smallest absolute Gasteiger partial charge is 0.323 e. The van der Waals surface area contributed by atoms with Crippen molar-refractivity contribution < 1.29 is 14.6 Å². The molecule has 1 N–H and O–H groups in total. The number of alkyl halides is 2. The molecule has 0 radical (unpaired) electrons. The van der Waals surface area contributed by atoms with E-state index in [1.54, 1.807) is 0 Å². The monoisotopic (exact) mass is 258 g/mol. The zero-order valence-corrected chi connectivity index (χ0v) is 7.42. The second-order valence-corrected chi connectivity index (χ2v) is 3.72. The van der Waals surface area contributed by atoms with Crippen LogP contribution in [0.5, 0.6) is 0 Å². The molecule has 52 valence electrons. The Labute approximate surface area is 68.6 Å². The molecular weight excluding hydrogens is 256 g/mol. The number of halogens is 2. The fraction of sp³-hybridized carbons (Fsp3) is 0.750. The number of esters is 1. The lowest BCUT2D eigenvalue weighted by molar-refractivity contribution is -0.152. The van der Waals surface area contributed by atoms with Crippen LogP contribution in [0, 0.1) is 0 Å². The normalized spacial score (nSPS) is 43.0. The van der Waals surface area contributed by atoms with E-state index in [-0.39, 0.29) is 4.83 Å². The molecule has 3 atom stereocenters. The quantitative estimate of drug-likeness (QED) is 0.506. The van der Waals surface area contributed by atoms with Gasteiger partial charge in [-0.2, -0.15) is 0 Å². The Morgan fingerprint density at radius 3 is 2.22 bits per heavy atom. The van der Waals surface area contributed by atoms with Crippen LogP contribution in [0.2, 0.25) is 0 Å². The van der Waals surface area contributed by atoms with Crippen molar-refractivity contribution in [1.29, 1.82) is 0 Å². The number of cyclic esters (lactones) is 1. The summed E-state index contributed by atoms with van der Waals surface area (Å²) in [6.45, 7) is 0. The van der Waals surface area contributed by atoms with E-state index in [9.17, 15) is 4.79 Å². The minimum atomic E-state index is -1.01. The molecule has 0 saturated carbocycles. The first kappa shape index (κ1) is 7.50. The number of hydrogen-bond donors (Lipinski definition) is 1. The molecule has 0 spiro atoms. The second kappa shape index (κ2) is 2.56. The summed E-state index contributed by atoms with van der Waals surface area (Å²) in [4.78, 5) is 9.78. The summed E-state index contributed by atoms with van der Waals surface area (Å²) in [7, 11) is 0. The minimum Gasteiger partial charge on any atom is -0.434 e. The van der Waals surface area contributed by atoms with E-state index in [0.29, 0.717) is 0 Å². The first-order chi connectivity index (χ1) is 4.13. The maximum Gasteiger partial charge on any atom is 0.323 e. The maximum absolute atomic E-state index is 10.5. The summed E-state index contributed by atoms with van der Waals surface area (Å²) >= 11 is 6.09. The molecule has 0 aromatic heterocycles. The van der Waals surface area contributed by atoms with E-state index >= 15 is 0 Å². The van der Waals surface area contributed by atoms with Crippen molar-refractivity contribution in [2.24, 2.45) is 0 Å². The van der Waals surface area contributed by atoms with E-state index in [1.807, 2.05) is 0 Å². The van der Waals surface area contributed by atoms with Crippen LogP contribution in [-0.2, 0) is 9.53 Å². The standard InChI is InChI=1S/C4H4Br2O3/c5-1-2(6)4(8)9-3(1)7/h1-3,7H. The number of aliphatic hydroxyl groups excluding tert-OH is 1. The lowest BCUT2D eigenvalue weighted by Crippen LogP contribution is -2.19. The number of ether oxygens (including phenoxy) is 1. The molecule has 3 unspecified atom stereocenters. The van der Waals surface area contributed by atoms with Gasteiger partial charge < -0.3 is 9.84 Å². The van der Waals surface area contributed by atoms with Gasteiger partial charge in [0.15, 0.2) is 0 Å². The SMILES string of the molecule is O=C1OC(O)C(Br)C1Br. The molecule has 0 bridgehead atoms. The molecule has 1 rings (SSSR count). The first-order valence-electron chi connectivity index (χ1n) is 2.29. The van der Waals surface area contributed by atoms with Crippen molar-refractivity contribution in [1.82, 2.24) is 0 Å². The van der Waals surface area contributed by atoms with E-state index in [0.717, 1.165) is 0 Å². The summed E-state index contributed by atoms with van der Waals surface area (Å²) in [5.74, 6) is -0.427. The Kier molecular flexibility index (Phi) is 2.13. The van der Waals surface area contributed by atoms with Gasteiger partial charge >= 0.3 is 5.97 Å². The summed E-state index contributed by atoms with van der Waals surface area (Å²) in [5, 5.41) is 8.82. The molecule has 1 aliphatic rings. The Morgan fingerprint density at radius 2 is 2.11 bits per heavy atom. The molecule has 1 heterocycles. The topological polar surface area (TPSA) is 46.5 Å². The average Bonchev–Trinajstić information content (AvgIpc) is 1.98. The molecule has 1 saturated heterocycles. The van der Waals surface area contributed by atoms with Crippen LogP contribution in [0.4, 0.5) is 0 Å². The summed E-state index contributed by atoms with van der Waals surface area (Å²) in [5.41, 5.74) is 0. The highest BCUT2D eigenvalue weighted by Gasteiger charge is 2.40. The highest BCUT2D eigenvalue weighted by atomic mass is 79.9. The Morgan fingerprint density at radius 1 is 1.56 bits per heavy atom. The Balaban J connectivity index is 2.65. The fourth-order valence-electron chi connectivity index (χ4n) is 0.524. The van der Waals surface area contributed by atoms with Crippen molar-refractivity contribution in [2.75, 3.05) is 0 Å². The summed E-state index contributed by atoms with van der Waals surface area (Å²) in [6, 6.07) is 0. The van der Waals surface area contributed by atoms with Gasteiger partial charge in [0.1, 0.15) is 9.65 Å². The predicted octanol–water partition coefficient (Wildman–Crippen LogP) is 0.389. The average molecular weight is 260 g/mol. The van der Waals surface area contributed by atoms with Gasteiger partial charge in [-0.25, -0.2) is 0 Å². The molecule has 5 heteroatoms. The van der Waals surface area contributed by atoms with Crippen molar-refractivity contribution in [3.05, 3.63) is 0 Å². The van der Waals surface area contributed by atoms with Crippen molar-refractivity contribution in [2.45, 2.75) is 15.9 Å². The highest BCUT2D eigenvalue weighted by molar-refractivity contribution is 9.12. The van der Waals surface area contributed by atoms with E-state index in [4.69, 9.17) is 5.11 Å². The zero-order valence-electron chi connectivity index (χ0n) is 4.25. The van der Waals surface area contributed by atoms with Gasteiger partial charge in [-0.05, 0) is 0 Å². The molecule has 9 heavy (non-hydrogen) atoms. The zero-order chi connectivity index (χ0) is 7.02. The van der Waals surface area contributed by atoms with E-state index in [1.165, 1.54) is 0 Å². The van der Waals surface area contributed by atoms with Gasteiger partial charge in [0.2, 0.25) is 6.29 Å². The van der Waals surface area contributed by atoms with E-state index in [2.05, 4.69) is 36.6 Å². The largest absolute Gasteiger partial charge is 0.434 e. The lowest BCUT2D eigenvalue weighted by Gasteiger charge is -2.02. The van der Waals surface area contributed by atoms with Gasteiger partial charge in [0, 0.05) is 0 Å². The van der Waals surface area contributed by atoms with Crippen LogP contribution in [0.3, 0.4) is 0 Å². The number of aliphatic hydroxyl groups is 1. The number of hydrogen-bond acceptors (Lipinski definition) is 3. The number of carbonyl (C=O) groups is 1. The maximum atomic E-state index is 10.5. The van der Waals surface area contributed by atoms with Gasteiger partial charge in [-0.3, -0.25) is 4.79 Å². The van der Waals surface area contributed by atoms with Crippen LogP contribution in [-0.4, -0.2) is 27.0 Å². The van der Waals surface area contributed by atoms with Crippen LogP contribution < -0.4 is 0 Å². The fourth-order valence-corrected chi connectivity index (χ4v) is 1.22. The number of carbonyl (C=O) groups excluding carboxylic acids is 1. The van der Waals surface area contributed by atoms with Crippen molar-refractivity contribution in [3.8, 4) is 0 Å². The molecule has 3 nitrogen and oxygen atoms in total. The molecule has 1 fully saturated rings. The summed E-state index contributed by atoms with van der Waals surface area (Å²) in [6.07, 6.45) is -1.01. The Hall–Kier alpha value is 0.390.